The quantitative estimate of drug-likeness (QED) is 0.735. The van der Waals surface area contributed by atoms with Gasteiger partial charge in [0.05, 0.1) is 12.2 Å². The van der Waals surface area contributed by atoms with Crippen LogP contribution in [0, 0.1) is 19.8 Å². The van der Waals surface area contributed by atoms with Crippen LogP contribution in [0.25, 0.3) is 5.82 Å². The lowest BCUT2D eigenvalue weighted by molar-refractivity contribution is -0.131. The van der Waals surface area contributed by atoms with E-state index in [1.807, 2.05) is 24.8 Å². The number of nitrogens with zero attached hydrogens (tertiary/aromatic N) is 6. The predicted octanol–water partition coefficient (Wildman–Crippen LogP) is 1.38. The van der Waals surface area contributed by atoms with E-state index in [1.54, 1.807) is 21.5 Å². The van der Waals surface area contributed by atoms with Crippen LogP contribution in [0.2, 0.25) is 0 Å². The molecule has 156 valence electrons. The van der Waals surface area contributed by atoms with E-state index in [0.29, 0.717) is 30.6 Å². The molecule has 2 aliphatic rings. The van der Waals surface area contributed by atoms with E-state index in [9.17, 15) is 9.59 Å². The van der Waals surface area contributed by atoms with Gasteiger partial charge >= 0.3 is 0 Å². The van der Waals surface area contributed by atoms with E-state index in [0.717, 1.165) is 63.4 Å². The smallest absolute Gasteiger partial charge is 0.266 e. The molecule has 2 fully saturated rings. The number of carbonyl (C=O) groups excluding carboxylic acids is 1. The lowest BCUT2D eigenvalue weighted by atomic mass is 10.0. The maximum Gasteiger partial charge on any atom is 0.266 e. The van der Waals surface area contributed by atoms with Gasteiger partial charge in [-0.05, 0) is 38.8 Å². The molecule has 0 atom stereocenters. The van der Waals surface area contributed by atoms with Gasteiger partial charge in [0.2, 0.25) is 5.91 Å². The zero-order valence-corrected chi connectivity index (χ0v) is 17.4. The highest BCUT2D eigenvalue weighted by molar-refractivity contribution is 5.76. The van der Waals surface area contributed by atoms with E-state index in [1.165, 1.54) is 0 Å². The molecule has 0 N–H and O–H groups in total. The highest BCUT2D eigenvalue weighted by atomic mass is 16.2. The molecule has 0 unspecified atom stereocenters. The zero-order chi connectivity index (χ0) is 20.4. The number of aromatic nitrogens is 4. The molecule has 0 aromatic carbocycles. The Kier molecular flexibility index (Phi) is 5.80. The number of hydrogen-bond donors (Lipinski definition) is 0. The summed E-state index contributed by atoms with van der Waals surface area (Å²) in [6.07, 6.45) is 4.00. The van der Waals surface area contributed by atoms with Crippen molar-refractivity contribution >= 4 is 5.91 Å². The normalized spacial score (nSPS) is 18.7. The Bertz CT molecular complexity index is 927. The van der Waals surface area contributed by atoms with E-state index in [2.05, 4.69) is 15.1 Å². The van der Waals surface area contributed by atoms with Crippen molar-refractivity contribution in [2.75, 3.05) is 32.7 Å². The third-order valence-corrected chi connectivity index (χ3v) is 5.90. The van der Waals surface area contributed by atoms with Crippen LogP contribution in [0.1, 0.15) is 37.1 Å². The maximum atomic E-state index is 12.3. The summed E-state index contributed by atoms with van der Waals surface area (Å²) in [5.41, 5.74) is 1.85. The molecular formula is C21H30N6O2. The van der Waals surface area contributed by atoms with Gasteiger partial charge in [-0.25, -0.2) is 9.36 Å². The van der Waals surface area contributed by atoms with Crippen LogP contribution >= 0.6 is 0 Å². The fraction of sp³-hybridized carbons (Fsp3) is 0.619. The van der Waals surface area contributed by atoms with Gasteiger partial charge in [0, 0.05) is 56.8 Å². The predicted molar refractivity (Wildman–Crippen MR) is 110 cm³/mol. The molecule has 0 bridgehead atoms. The van der Waals surface area contributed by atoms with Crippen molar-refractivity contribution in [1.82, 2.24) is 29.4 Å². The Labute approximate surface area is 171 Å². The first-order chi connectivity index (χ1) is 14.0. The van der Waals surface area contributed by atoms with Crippen molar-refractivity contribution in [3.8, 4) is 5.82 Å². The van der Waals surface area contributed by atoms with Crippen LogP contribution in [-0.4, -0.2) is 68.0 Å². The molecule has 1 amide bonds. The van der Waals surface area contributed by atoms with Crippen LogP contribution in [-0.2, 0) is 11.3 Å². The molecule has 29 heavy (non-hydrogen) atoms. The van der Waals surface area contributed by atoms with Gasteiger partial charge in [-0.1, -0.05) is 6.42 Å². The largest absolute Gasteiger partial charge is 0.341 e. The molecule has 0 aliphatic carbocycles. The Morgan fingerprint density at radius 1 is 1.03 bits per heavy atom. The minimum Gasteiger partial charge on any atom is -0.341 e. The number of aryl methyl sites for hydroxylation is 2. The molecule has 0 spiro atoms. The summed E-state index contributed by atoms with van der Waals surface area (Å²) < 4.78 is 3.34. The summed E-state index contributed by atoms with van der Waals surface area (Å²) in [6.45, 7) is 9.06. The molecule has 2 aromatic rings. The molecule has 4 heterocycles. The first-order valence-electron chi connectivity index (χ1n) is 10.6. The Morgan fingerprint density at radius 2 is 1.86 bits per heavy atom. The van der Waals surface area contributed by atoms with Crippen LogP contribution < -0.4 is 5.56 Å². The lowest BCUT2D eigenvalue weighted by Crippen LogP contribution is -2.52. The van der Waals surface area contributed by atoms with Gasteiger partial charge in [-0.2, -0.15) is 5.10 Å². The van der Waals surface area contributed by atoms with Gasteiger partial charge in [0.15, 0.2) is 5.82 Å². The third kappa shape index (κ3) is 4.58. The molecule has 8 heteroatoms. The summed E-state index contributed by atoms with van der Waals surface area (Å²) >= 11 is 0. The Balaban J connectivity index is 1.31. The maximum absolute atomic E-state index is 12.3. The van der Waals surface area contributed by atoms with Gasteiger partial charge in [-0.15, -0.1) is 5.10 Å². The van der Waals surface area contributed by atoms with Crippen molar-refractivity contribution in [1.29, 1.82) is 0 Å². The SMILES string of the molecule is Cc1cc(C)n(-c2ccc(=O)n(CC3CN(CCN4CCCCCC4=O)C3)n2)n1. The highest BCUT2D eigenvalue weighted by Gasteiger charge is 2.28. The summed E-state index contributed by atoms with van der Waals surface area (Å²) in [5.74, 6) is 1.39. The lowest BCUT2D eigenvalue weighted by Gasteiger charge is -2.40. The number of hydrogen-bond acceptors (Lipinski definition) is 5. The highest BCUT2D eigenvalue weighted by Crippen LogP contribution is 2.18. The zero-order valence-electron chi connectivity index (χ0n) is 17.4. The molecule has 8 nitrogen and oxygen atoms in total. The minimum absolute atomic E-state index is 0.0797. The standard InChI is InChI=1S/C21H30N6O2/c1-16-12-17(2)27(22-16)19-7-8-21(29)26(23-19)15-18-13-24(14-18)10-11-25-9-5-3-4-6-20(25)28/h7-8,12,18H,3-6,9-11,13-15H2,1-2H3. The van der Waals surface area contributed by atoms with Crippen LogP contribution in [0.4, 0.5) is 0 Å². The van der Waals surface area contributed by atoms with E-state index in [-0.39, 0.29) is 5.56 Å². The van der Waals surface area contributed by atoms with Gasteiger partial charge in [-0.3, -0.25) is 9.59 Å². The van der Waals surface area contributed by atoms with Crippen molar-refractivity contribution in [2.24, 2.45) is 5.92 Å². The Hall–Kier alpha value is -2.48. The Morgan fingerprint density at radius 3 is 2.62 bits per heavy atom. The van der Waals surface area contributed by atoms with Crippen molar-refractivity contribution in [2.45, 2.75) is 46.1 Å². The molecule has 2 aliphatic heterocycles. The molecule has 0 radical (unpaired) electrons. The summed E-state index contributed by atoms with van der Waals surface area (Å²) in [6, 6.07) is 5.29. The molecule has 2 aromatic heterocycles. The first kappa shape index (κ1) is 19.8. The summed E-state index contributed by atoms with van der Waals surface area (Å²) in [5, 5.41) is 8.99. The van der Waals surface area contributed by atoms with Gasteiger partial charge < -0.3 is 9.80 Å². The number of amides is 1. The second kappa shape index (κ2) is 8.49. The van der Waals surface area contributed by atoms with E-state index in [4.69, 9.17) is 0 Å². The number of rotatable bonds is 6. The fourth-order valence-electron chi connectivity index (χ4n) is 4.30. The van der Waals surface area contributed by atoms with Crippen LogP contribution in [0.15, 0.2) is 23.0 Å². The number of likely N-dealkylation sites (tertiary alicyclic amines) is 2. The van der Waals surface area contributed by atoms with E-state index >= 15 is 0 Å². The minimum atomic E-state index is -0.0797. The first-order valence-corrected chi connectivity index (χ1v) is 10.6. The van der Waals surface area contributed by atoms with Gasteiger partial charge in [0.25, 0.3) is 5.56 Å². The molecular weight excluding hydrogens is 368 g/mol. The third-order valence-electron chi connectivity index (χ3n) is 5.90. The van der Waals surface area contributed by atoms with Crippen LogP contribution in [0.3, 0.4) is 0 Å². The van der Waals surface area contributed by atoms with Crippen molar-refractivity contribution in [3.05, 3.63) is 39.9 Å². The molecule has 2 saturated heterocycles. The second-order valence-corrected chi connectivity index (χ2v) is 8.37. The van der Waals surface area contributed by atoms with E-state index < -0.39 is 0 Å². The monoisotopic (exact) mass is 398 g/mol. The fourth-order valence-corrected chi connectivity index (χ4v) is 4.30. The van der Waals surface area contributed by atoms with Crippen molar-refractivity contribution < 1.29 is 4.79 Å². The van der Waals surface area contributed by atoms with Crippen molar-refractivity contribution in [3.63, 3.8) is 0 Å². The molecule has 4 rings (SSSR count). The average Bonchev–Trinajstić information content (AvgIpc) is 2.86. The van der Waals surface area contributed by atoms with Crippen LogP contribution in [0.5, 0.6) is 0 Å². The average molecular weight is 399 g/mol. The molecule has 0 saturated carbocycles. The van der Waals surface area contributed by atoms with Gasteiger partial charge in [0.1, 0.15) is 0 Å². The topological polar surface area (TPSA) is 76.3 Å². The summed E-state index contributed by atoms with van der Waals surface area (Å²) in [4.78, 5) is 28.7. The number of carbonyl (C=O) groups is 1. The summed E-state index contributed by atoms with van der Waals surface area (Å²) in [7, 11) is 0. The second-order valence-electron chi connectivity index (χ2n) is 8.37.